The Bertz CT molecular complexity index is 507. The summed E-state index contributed by atoms with van der Waals surface area (Å²) in [6.45, 7) is 2.85. The number of carbonyl (C=O) groups is 1. The van der Waals surface area contributed by atoms with Crippen LogP contribution >= 0.6 is 11.3 Å². The summed E-state index contributed by atoms with van der Waals surface area (Å²) in [6, 6.07) is 3.51. The first kappa shape index (κ1) is 12.6. The number of nitrogens with zero attached hydrogens (tertiary/aromatic N) is 2. The average Bonchev–Trinajstić information content (AvgIpc) is 2.97. The van der Waals surface area contributed by atoms with Crippen molar-refractivity contribution < 1.29 is 9.21 Å². The van der Waals surface area contributed by atoms with Gasteiger partial charge in [0.1, 0.15) is 10.8 Å². The molecular formula is C12H15N3O2S. The highest BCUT2D eigenvalue weighted by Crippen LogP contribution is 2.08. The van der Waals surface area contributed by atoms with Crippen molar-refractivity contribution in [3.63, 3.8) is 0 Å². The number of hydrogen-bond donors (Lipinski definition) is 1. The summed E-state index contributed by atoms with van der Waals surface area (Å²) in [5.74, 6) is 0.762. The fourth-order valence-electron chi connectivity index (χ4n) is 1.48. The lowest BCUT2D eigenvalue weighted by atomic mass is 10.4. The van der Waals surface area contributed by atoms with Crippen LogP contribution in [0.25, 0.3) is 0 Å². The lowest BCUT2D eigenvalue weighted by Gasteiger charge is -2.15. The molecule has 6 heteroatoms. The van der Waals surface area contributed by atoms with Gasteiger partial charge in [-0.1, -0.05) is 0 Å². The highest BCUT2D eigenvalue weighted by Gasteiger charge is 2.10. The maximum Gasteiger partial charge on any atom is 0.317 e. The Hall–Kier alpha value is -1.82. The molecule has 96 valence electrons. The summed E-state index contributed by atoms with van der Waals surface area (Å²) in [6.07, 6.45) is 1.60. The molecule has 1 N–H and O–H groups in total. The number of aromatic nitrogens is 1. The summed E-state index contributed by atoms with van der Waals surface area (Å²) in [7, 11) is 1.73. The van der Waals surface area contributed by atoms with E-state index in [1.54, 1.807) is 35.6 Å². The summed E-state index contributed by atoms with van der Waals surface area (Å²) in [5, 5.41) is 5.69. The quantitative estimate of drug-likeness (QED) is 0.923. The maximum absolute atomic E-state index is 11.8. The number of urea groups is 1. The molecule has 0 saturated carbocycles. The van der Waals surface area contributed by atoms with Crippen LogP contribution in [-0.4, -0.2) is 23.0 Å². The van der Waals surface area contributed by atoms with E-state index in [-0.39, 0.29) is 6.03 Å². The molecule has 0 saturated heterocycles. The van der Waals surface area contributed by atoms with E-state index in [1.165, 1.54) is 0 Å². The molecule has 0 unspecified atom stereocenters. The monoisotopic (exact) mass is 265 g/mol. The molecule has 2 amide bonds. The molecule has 0 radical (unpaired) electrons. The highest BCUT2D eigenvalue weighted by molar-refractivity contribution is 7.09. The highest BCUT2D eigenvalue weighted by atomic mass is 32.1. The summed E-state index contributed by atoms with van der Waals surface area (Å²) in [5.41, 5.74) is 0.980. The van der Waals surface area contributed by atoms with Gasteiger partial charge in [-0.05, 0) is 19.1 Å². The van der Waals surface area contributed by atoms with Crippen LogP contribution in [-0.2, 0) is 13.1 Å². The first-order valence-electron chi connectivity index (χ1n) is 5.57. The van der Waals surface area contributed by atoms with Gasteiger partial charge in [0.2, 0.25) is 0 Å². The normalized spacial score (nSPS) is 10.3. The van der Waals surface area contributed by atoms with Gasteiger partial charge in [-0.3, -0.25) is 0 Å². The van der Waals surface area contributed by atoms with E-state index in [4.69, 9.17) is 4.42 Å². The second-order valence-electron chi connectivity index (χ2n) is 3.98. The van der Waals surface area contributed by atoms with E-state index in [0.29, 0.717) is 13.1 Å². The summed E-state index contributed by atoms with van der Waals surface area (Å²) >= 11 is 1.55. The first-order valence-corrected chi connectivity index (χ1v) is 6.45. The van der Waals surface area contributed by atoms with E-state index in [9.17, 15) is 4.79 Å². The molecule has 0 fully saturated rings. The third kappa shape index (κ3) is 3.33. The van der Waals surface area contributed by atoms with E-state index in [2.05, 4.69) is 10.3 Å². The zero-order chi connectivity index (χ0) is 13.0. The molecule has 0 bridgehead atoms. The number of furan rings is 1. The molecule has 2 aromatic rings. The second kappa shape index (κ2) is 5.68. The largest absolute Gasteiger partial charge is 0.467 e. The molecule has 5 nitrogen and oxygen atoms in total. The first-order chi connectivity index (χ1) is 8.65. The average molecular weight is 265 g/mol. The minimum Gasteiger partial charge on any atom is -0.467 e. The van der Waals surface area contributed by atoms with Crippen molar-refractivity contribution in [3.05, 3.63) is 40.2 Å². The number of thiazole rings is 1. The van der Waals surface area contributed by atoms with Gasteiger partial charge in [0, 0.05) is 18.1 Å². The molecule has 18 heavy (non-hydrogen) atoms. The fourth-order valence-corrected chi connectivity index (χ4v) is 2.19. The predicted octanol–water partition coefficient (Wildman–Crippen LogP) is 2.39. The SMILES string of the molecule is Cc1csc(CNC(=O)N(C)Cc2ccco2)n1. The van der Waals surface area contributed by atoms with Gasteiger partial charge in [-0.15, -0.1) is 11.3 Å². The molecule has 0 aliphatic heterocycles. The smallest absolute Gasteiger partial charge is 0.317 e. The molecule has 0 aliphatic rings. The van der Waals surface area contributed by atoms with Crippen LogP contribution in [0.5, 0.6) is 0 Å². The van der Waals surface area contributed by atoms with E-state index in [0.717, 1.165) is 16.5 Å². The van der Waals surface area contributed by atoms with Crippen molar-refractivity contribution in [1.29, 1.82) is 0 Å². The molecule has 0 aliphatic carbocycles. The van der Waals surface area contributed by atoms with Crippen LogP contribution in [0.15, 0.2) is 28.2 Å². The molecule has 0 aromatic carbocycles. The van der Waals surface area contributed by atoms with Gasteiger partial charge in [0.25, 0.3) is 0 Å². The molecule has 0 spiro atoms. The van der Waals surface area contributed by atoms with Crippen molar-refractivity contribution in [2.75, 3.05) is 7.05 Å². The van der Waals surface area contributed by atoms with Gasteiger partial charge in [0.05, 0.1) is 19.4 Å². The number of amides is 2. The van der Waals surface area contributed by atoms with Crippen molar-refractivity contribution in [2.45, 2.75) is 20.0 Å². The minimum absolute atomic E-state index is 0.140. The maximum atomic E-state index is 11.8. The van der Waals surface area contributed by atoms with Crippen molar-refractivity contribution in [1.82, 2.24) is 15.2 Å². The standard InChI is InChI=1S/C12H15N3O2S/c1-9-8-18-11(14-9)6-13-12(16)15(2)7-10-4-3-5-17-10/h3-5,8H,6-7H2,1-2H3,(H,13,16). The Balaban J connectivity index is 1.80. The van der Waals surface area contributed by atoms with Crippen molar-refractivity contribution in [2.24, 2.45) is 0 Å². The van der Waals surface area contributed by atoms with E-state index < -0.39 is 0 Å². The third-order valence-electron chi connectivity index (χ3n) is 2.38. The second-order valence-corrected chi connectivity index (χ2v) is 4.92. The zero-order valence-electron chi connectivity index (χ0n) is 10.3. The molecule has 2 heterocycles. The molecule has 2 rings (SSSR count). The molecule has 0 atom stereocenters. The lowest BCUT2D eigenvalue weighted by Crippen LogP contribution is -2.36. The predicted molar refractivity (Wildman–Crippen MR) is 69.3 cm³/mol. The van der Waals surface area contributed by atoms with Crippen LogP contribution < -0.4 is 5.32 Å². The number of aryl methyl sites for hydroxylation is 1. The Kier molecular flexibility index (Phi) is 3.99. The van der Waals surface area contributed by atoms with Crippen LogP contribution in [0.1, 0.15) is 16.5 Å². The molecule has 2 aromatic heterocycles. The van der Waals surface area contributed by atoms with E-state index in [1.807, 2.05) is 18.4 Å². The summed E-state index contributed by atoms with van der Waals surface area (Å²) < 4.78 is 5.19. The fraction of sp³-hybridized carbons (Fsp3) is 0.333. The minimum atomic E-state index is -0.140. The van der Waals surface area contributed by atoms with Crippen LogP contribution in [0.3, 0.4) is 0 Å². The van der Waals surface area contributed by atoms with Gasteiger partial charge in [-0.2, -0.15) is 0 Å². The topological polar surface area (TPSA) is 58.4 Å². The third-order valence-corrected chi connectivity index (χ3v) is 3.34. The van der Waals surface area contributed by atoms with Gasteiger partial charge >= 0.3 is 6.03 Å². The van der Waals surface area contributed by atoms with Gasteiger partial charge in [0.15, 0.2) is 0 Å². The summed E-state index contributed by atoms with van der Waals surface area (Å²) in [4.78, 5) is 17.7. The van der Waals surface area contributed by atoms with Crippen LogP contribution in [0, 0.1) is 6.92 Å². The molecular weight excluding hydrogens is 250 g/mol. The van der Waals surface area contributed by atoms with Crippen molar-refractivity contribution in [3.8, 4) is 0 Å². The number of carbonyl (C=O) groups excluding carboxylic acids is 1. The Morgan fingerprint density at radius 2 is 2.44 bits per heavy atom. The van der Waals surface area contributed by atoms with Gasteiger partial charge < -0.3 is 14.6 Å². The van der Waals surface area contributed by atoms with Crippen LogP contribution in [0.2, 0.25) is 0 Å². The lowest BCUT2D eigenvalue weighted by molar-refractivity contribution is 0.202. The Morgan fingerprint density at radius 3 is 3.06 bits per heavy atom. The Morgan fingerprint density at radius 1 is 1.61 bits per heavy atom. The van der Waals surface area contributed by atoms with Crippen LogP contribution in [0.4, 0.5) is 4.79 Å². The zero-order valence-corrected chi connectivity index (χ0v) is 11.2. The van der Waals surface area contributed by atoms with Gasteiger partial charge in [-0.25, -0.2) is 9.78 Å². The van der Waals surface area contributed by atoms with E-state index >= 15 is 0 Å². The Labute approximate surface area is 109 Å². The number of nitrogens with one attached hydrogen (secondary N) is 1. The number of hydrogen-bond acceptors (Lipinski definition) is 4. The number of rotatable bonds is 4. The van der Waals surface area contributed by atoms with Crippen molar-refractivity contribution >= 4 is 17.4 Å².